The van der Waals surface area contributed by atoms with Crippen molar-refractivity contribution in [2.45, 2.75) is 27.2 Å². The second-order valence-electron chi connectivity index (χ2n) is 6.57. The maximum Gasteiger partial charge on any atom is 0.339 e. The van der Waals surface area contributed by atoms with Crippen LogP contribution in [0.25, 0.3) is 0 Å². The van der Waals surface area contributed by atoms with E-state index in [9.17, 15) is 19.2 Å². The van der Waals surface area contributed by atoms with E-state index in [-0.39, 0.29) is 16.9 Å². The zero-order valence-electron chi connectivity index (χ0n) is 16.7. The number of aryl methyl sites for hydroxylation is 2. The molecule has 7 nitrogen and oxygen atoms in total. The first-order chi connectivity index (χ1) is 13.8. The lowest BCUT2D eigenvalue weighted by molar-refractivity contribution is -0.123. The molecule has 7 heteroatoms. The highest BCUT2D eigenvalue weighted by Gasteiger charge is 2.21. The van der Waals surface area contributed by atoms with Crippen LogP contribution in [0, 0.1) is 13.8 Å². The number of amides is 3. The normalized spacial score (nSPS) is 10.2. The van der Waals surface area contributed by atoms with Crippen LogP contribution >= 0.6 is 0 Å². The van der Waals surface area contributed by atoms with Crippen molar-refractivity contribution >= 4 is 23.7 Å². The number of carbonyl (C=O) groups is 4. The van der Waals surface area contributed by atoms with E-state index < -0.39 is 24.5 Å². The number of imide groups is 1. The van der Waals surface area contributed by atoms with Crippen molar-refractivity contribution in [1.82, 2.24) is 10.6 Å². The van der Waals surface area contributed by atoms with Gasteiger partial charge in [-0.25, -0.2) is 9.59 Å². The number of hydrogen-bond acceptors (Lipinski definition) is 5. The minimum absolute atomic E-state index is 0.0571. The number of esters is 1. The van der Waals surface area contributed by atoms with Gasteiger partial charge < -0.3 is 10.1 Å². The lowest BCUT2D eigenvalue weighted by Crippen LogP contribution is -2.41. The molecule has 2 aromatic rings. The summed E-state index contributed by atoms with van der Waals surface area (Å²) in [4.78, 5) is 48.7. The lowest BCUT2D eigenvalue weighted by atomic mass is 9.94. The molecular weight excluding hydrogens is 372 g/mol. The first kappa shape index (κ1) is 21.8. The van der Waals surface area contributed by atoms with Gasteiger partial charge in [0, 0.05) is 17.7 Å². The fourth-order valence-corrected chi connectivity index (χ4v) is 2.64. The van der Waals surface area contributed by atoms with Gasteiger partial charge in [-0.2, -0.15) is 0 Å². The number of ketones is 1. The Balaban J connectivity index is 2.11. The minimum atomic E-state index is -0.816. The first-order valence-corrected chi connectivity index (χ1v) is 9.29. The second-order valence-corrected chi connectivity index (χ2v) is 6.57. The van der Waals surface area contributed by atoms with Gasteiger partial charge in [0.05, 0.1) is 5.56 Å². The van der Waals surface area contributed by atoms with Gasteiger partial charge >= 0.3 is 12.0 Å². The molecule has 0 saturated carbocycles. The highest BCUT2D eigenvalue weighted by Crippen LogP contribution is 2.19. The third-order valence-corrected chi connectivity index (χ3v) is 4.15. The van der Waals surface area contributed by atoms with Crippen LogP contribution < -0.4 is 10.6 Å². The summed E-state index contributed by atoms with van der Waals surface area (Å²) < 4.78 is 4.99. The van der Waals surface area contributed by atoms with E-state index in [2.05, 4.69) is 10.6 Å². The number of nitrogens with one attached hydrogen (secondary N) is 2. The summed E-state index contributed by atoms with van der Waals surface area (Å²) >= 11 is 0. The molecule has 0 aliphatic rings. The molecule has 2 rings (SSSR count). The molecular formula is C22H24N2O5. The largest absolute Gasteiger partial charge is 0.452 e. The Bertz CT molecular complexity index is 937. The fourth-order valence-electron chi connectivity index (χ4n) is 2.64. The molecule has 0 radical (unpaired) electrons. The van der Waals surface area contributed by atoms with E-state index in [1.165, 1.54) is 6.07 Å². The quantitative estimate of drug-likeness (QED) is 0.553. The molecule has 0 bridgehead atoms. The molecule has 3 amide bonds. The molecule has 0 heterocycles. The third-order valence-electron chi connectivity index (χ3n) is 4.15. The number of hydrogen-bond donors (Lipinski definition) is 2. The van der Waals surface area contributed by atoms with Crippen LogP contribution in [-0.4, -0.2) is 36.8 Å². The number of ether oxygens (including phenoxy) is 1. The summed E-state index contributed by atoms with van der Waals surface area (Å²) in [6.07, 6.45) is 0.724. The second kappa shape index (κ2) is 10.2. The van der Waals surface area contributed by atoms with Crippen LogP contribution in [-0.2, 0) is 9.53 Å². The Kier molecular flexibility index (Phi) is 7.65. The molecule has 0 aliphatic carbocycles. The summed E-state index contributed by atoms with van der Waals surface area (Å²) in [5, 5.41) is 4.54. The molecule has 0 fully saturated rings. The van der Waals surface area contributed by atoms with Gasteiger partial charge in [0.25, 0.3) is 5.91 Å². The molecule has 0 aliphatic heterocycles. The Morgan fingerprint density at radius 3 is 2.31 bits per heavy atom. The van der Waals surface area contributed by atoms with Crippen molar-refractivity contribution in [3.8, 4) is 0 Å². The standard InChI is InChI=1S/C22H24N2O5/c1-4-11-23-22(28)24-19(25)13-29-21(27)17-8-6-5-7-16(17)20(26)18-12-14(2)9-10-15(18)3/h5-10,12H,4,11,13H2,1-3H3,(H2,23,24,25,28). The van der Waals surface area contributed by atoms with Gasteiger partial charge in [-0.05, 0) is 38.0 Å². The van der Waals surface area contributed by atoms with Crippen LogP contribution in [0.2, 0.25) is 0 Å². The Hall–Kier alpha value is -3.48. The van der Waals surface area contributed by atoms with Crippen molar-refractivity contribution in [2.75, 3.05) is 13.2 Å². The van der Waals surface area contributed by atoms with Crippen molar-refractivity contribution in [2.24, 2.45) is 0 Å². The Morgan fingerprint density at radius 1 is 0.931 bits per heavy atom. The average molecular weight is 396 g/mol. The van der Waals surface area contributed by atoms with E-state index in [0.29, 0.717) is 12.1 Å². The van der Waals surface area contributed by atoms with Gasteiger partial charge in [0.1, 0.15) is 0 Å². The summed E-state index contributed by atoms with van der Waals surface area (Å²) in [5.41, 5.74) is 2.46. The number of urea groups is 1. The average Bonchev–Trinajstić information content (AvgIpc) is 2.71. The monoisotopic (exact) mass is 396 g/mol. The molecule has 29 heavy (non-hydrogen) atoms. The van der Waals surface area contributed by atoms with E-state index in [4.69, 9.17) is 4.74 Å². The van der Waals surface area contributed by atoms with Gasteiger partial charge in [-0.3, -0.25) is 14.9 Å². The molecule has 2 aromatic carbocycles. The summed E-state index contributed by atoms with van der Waals surface area (Å²) in [6, 6.07) is 11.1. The number of rotatable bonds is 7. The zero-order valence-corrected chi connectivity index (χ0v) is 16.7. The number of benzene rings is 2. The highest BCUT2D eigenvalue weighted by atomic mass is 16.5. The molecule has 0 saturated heterocycles. The van der Waals surface area contributed by atoms with Crippen molar-refractivity contribution < 1.29 is 23.9 Å². The fraction of sp³-hybridized carbons (Fsp3) is 0.273. The highest BCUT2D eigenvalue weighted by molar-refractivity contribution is 6.15. The smallest absolute Gasteiger partial charge is 0.339 e. The SMILES string of the molecule is CCCNC(=O)NC(=O)COC(=O)c1ccccc1C(=O)c1cc(C)ccc1C. The van der Waals surface area contributed by atoms with Crippen molar-refractivity contribution in [1.29, 1.82) is 0 Å². The topological polar surface area (TPSA) is 102 Å². The first-order valence-electron chi connectivity index (χ1n) is 9.29. The van der Waals surface area contributed by atoms with E-state index >= 15 is 0 Å². The van der Waals surface area contributed by atoms with Crippen LogP contribution in [0.3, 0.4) is 0 Å². The van der Waals surface area contributed by atoms with Gasteiger partial charge in [0.15, 0.2) is 12.4 Å². The summed E-state index contributed by atoms with van der Waals surface area (Å²) in [5.74, 6) is -1.88. The lowest BCUT2D eigenvalue weighted by Gasteiger charge is -2.11. The Morgan fingerprint density at radius 2 is 1.62 bits per heavy atom. The van der Waals surface area contributed by atoms with Crippen LogP contribution in [0.1, 0.15) is 50.8 Å². The summed E-state index contributed by atoms with van der Waals surface area (Å²) in [7, 11) is 0. The molecule has 0 spiro atoms. The Labute approximate surface area is 169 Å². The van der Waals surface area contributed by atoms with E-state index in [0.717, 1.165) is 17.5 Å². The number of carbonyl (C=O) groups excluding carboxylic acids is 4. The molecule has 152 valence electrons. The van der Waals surface area contributed by atoms with Crippen LogP contribution in [0.4, 0.5) is 4.79 Å². The molecule has 0 unspecified atom stereocenters. The maximum absolute atomic E-state index is 13.0. The van der Waals surface area contributed by atoms with Crippen LogP contribution in [0.5, 0.6) is 0 Å². The van der Waals surface area contributed by atoms with E-state index in [1.807, 2.05) is 32.9 Å². The maximum atomic E-state index is 13.0. The zero-order chi connectivity index (χ0) is 21.4. The predicted octanol–water partition coefficient (Wildman–Crippen LogP) is 2.93. The predicted molar refractivity (Wildman–Crippen MR) is 108 cm³/mol. The van der Waals surface area contributed by atoms with Gasteiger partial charge in [-0.1, -0.05) is 42.8 Å². The van der Waals surface area contributed by atoms with Crippen LogP contribution in [0.15, 0.2) is 42.5 Å². The molecule has 0 atom stereocenters. The van der Waals surface area contributed by atoms with Gasteiger partial charge in [-0.15, -0.1) is 0 Å². The van der Waals surface area contributed by atoms with Crippen molar-refractivity contribution in [3.63, 3.8) is 0 Å². The van der Waals surface area contributed by atoms with Crippen molar-refractivity contribution in [3.05, 3.63) is 70.3 Å². The van der Waals surface area contributed by atoms with Gasteiger partial charge in [0.2, 0.25) is 0 Å². The third kappa shape index (κ3) is 6.00. The summed E-state index contributed by atoms with van der Waals surface area (Å²) in [6.45, 7) is 5.37. The minimum Gasteiger partial charge on any atom is -0.452 e. The van der Waals surface area contributed by atoms with E-state index in [1.54, 1.807) is 24.3 Å². The molecule has 0 aromatic heterocycles. The molecule has 2 N–H and O–H groups in total.